The molecule has 0 saturated heterocycles. The van der Waals surface area contributed by atoms with Crippen molar-refractivity contribution in [2.24, 2.45) is 5.92 Å². The monoisotopic (exact) mass is 389 g/mol. The number of halogens is 2. The van der Waals surface area contributed by atoms with Crippen LogP contribution < -0.4 is 5.32 Å². The third-order valence-corrected chi connectivity index (χ3v) is 5.28. The number of carboxylic acids is 1. The van der Waals surface area contributed by atoms with Crippen LogP contribution in [0.3, 0.4) is 0 Å². The Kier molecular flexibility index (Phi) is 8.47. The lowest BCUT2D eigenvalue weighted by Crippen LogP contribution is -2.52. The molecule has 0 fully saturated rings. The van der Waals surface area contributed by atoms with Crippen LogP contribution in [0.4, 0.5) is 13.6 Å². The van der Waals surface area contributed by atoms with Gasteiger partial charge in [0.25, 0.3) is 0 Å². The summed E-state index contributed by atoms with van der Waals surface area (Å²) in [5.74, 6) is -3.83. The summed E-state index contributed by atoms with van der Waals surface area (Å²) in [6.07, 6.45) is -1.19. The quantitative estimate of drug-likeness (QED) is 0.581. The van der Waals surface area contributed by atoms with Gasteiger partial charge in [0.1, 0.15) is 11.6 Å². The first-order valence-electron chi connectivity index (χ1n) is 7.71. The molecular weight excluding hydrogens is 363 g/mol. The van der Waals surface area contributed by atoms with Crippen molar-refractivity contribution in [2.45, 2.75) is 58.8 Å². The summed E-state index contributed by atoms with van der Waals surface area (Å²) in [5.41, 5.74) is -5.11. The van der Waals surface area contributed by atoms with E-state index < -0.39 is 42.9 Å². The Morgan fingerprint density at radius 1 is 1.16 bits per heavy atom. The van der Waals surface area contributed by atoms with Crippen LogP contribution in [0.2, 0.25) is 0 Å². The molecule has 1 amide bonds. The second-order valence-corrected chi connectivity index (χ2v) is 8.28. The first-order valence-corrected chi connectivity index (χ1v) is 9.25. The Bertz CT molecular complexity index is 512. The lowest BCUT2D eigenvalue weighted by molar-refractivity contribution is -0.144. The zero-order valence-electron chi connectivity index (χ0n) is 15.2. The molecule has 0 radical (unpaired) electrons. The minimum atomic E-state index is -4.95. The van der Waals surface area contributed by atoms with E-state index in [1.807, 2.05) is 5.32 Å². The number of alkyl halides is 2. The second kappa shape index (κ2) is 8.91. The van der Waals surface area contributed by atoms with Gasteiger partial charge in [0.15, 0.2) is 0 Å². The van der Waals surface area contributed by atoms with Crippen LogP contribution in [0.5, 0.6) is 0 Å². The van der Waals surface area contributed by atoms with Crippen LogP contribution in [0, 0.1) is 5.92 Å². The highest BCUT2D eigenvalue weighted by atomic mass is 31.2. The average Bonchev–Trinajstić information content (AvgIpc) is 2.42. The third kappa shape index (κ3) is 6.52. The normalized spacial score (nSPS) is 15.4. The van der Waals surface area contributed by atoms with Gasteiger partial charge in [0.05, 0.1) is 19.1 Å². The van der Waals surface area contributed by atoms with Gasteiger partial charge in [-0.2, -0.15) is 8.78 Å². The molecule has 2 N–H and O–H groups in total. The molecule has 0 aromatic carbocycles. The van der Waals surface area contributed by atoms with E-state index in [1.54, 1.807) is 0 Å². The first-order chi connectivity index (χ1) is 11.2. The topological polar surface area (TPSA) is 111 Å². The van der Waals surface area contributed by atoms with Crippen molar-refractivity contribution >= 4 is 19.7 Å². The van der Waals surface area contributed by atoms with E-state index in [0.29, 0.717) is 0 Å². The fourth-order valence-electron chi connectivity index (χ4n) is 1.83. The largest absolute Gasteiger partial charge is 0.480 e. The van der Waals surface area contributed by atoms with Crippen molar-refractivity contribution < 1.29 is 41.8 Å². The van der Waals surface area contributed by atoms with Crippen molar-refractivity contribution in [3.8, 4) is 0 Å². The molecular formula is C14H26F2NO7P. The molecule has 0 aromatic heterocycles. The number of ether oxygens (including phenoxy) is 1. The Labute approximate surface area is 145 Å². The van der Waals surface area contributed by atoms with E-state index in [0.717, 1.165) is 6.92 Å². The lowest BCUT2D eigenvalue weighted by Gasteiger charge is -2.33. The second-order valence-electron chi connectivity index (χ2n) is 6.17. The molecule has 0 aliphatic heterocycles. The maximum Gasteiger partial charge on any atom is 0.408 e. The molecule has 8 nitrogen and oxygen atoms in total. The Morgan fingerprint density at radius 3 is 1.92 bits per heavy atom. The SMILES string of the molecule is CCOP(=O)(OCC)C(F)(F)[C@@H](C)[C@@H](NC(=O)OC(C)(C)C)C(=O)O. The molecule has 0 heterocycles. The van der Waals surface area contributed by atoms with E-state index in [9.17, 15) is 28.0 Å². The maximum atomic E-state index is 14.7. The number of amides is 1. The number of aliphatic carboxylic acids is 1. The van der Waals surface area contributed by atoms with Gasteiger partial charge in [-0.25, -0.2) is 9.59 Å². The van der Waals surface area contributed by atoms with Gasteiger partial charge in [-0.05, 0) is 34.6 Å². The lowest BCUT2D eigenvalue weighted by atomic mass is 10.0. The predicted octanol–water partition coefficient (Wildman–Crippen LogP) is 3.46. The maximum absolute atomic E-state index is 14.7. The van der Waals surface area contributed by atoms with Crippen LogP contribution in [0.15, 0.2) is 0 Å². The molecule has 2 atom stereocenters. The van der Waals surface area contributed by atoms with Gasteiger partial charge in [-0.1, -0.05) is 6.92 Å². The van der Waals surface area contributed by atoms with Crippen LogP contribution in [-0.4, -0.2) is 47.7 Å². The van der Waals surface area contributed by atoms with E-state index >= 15 is 0 Å². The summed E-state index contributed by atoms with van der Waals surface area (Å²) in [6, 6.07) is -2.07. The molecule has 148 valence electrons. The highest BCUT2D eigenvalue weighted by molar-refractivity contribution is 7.55. The van der Waals surface area contributed by atoms with Gasteiger partial charge in [-0.15, -0.1) is 0 Å². The molecule has 11 heteroatoms. The molecule has 0 aliphatic rings. The zero-order chi connectivity index (χ0) is 20.1. The Hall–Kier alpha value is -1.25. The van der Waals surface area contributed by atoms with E-state index in [2.05, 4.69) is 9.05 Å². The van der Waals surface area contributed by atoms with Crippen molar-refractivity contribution in [1.29, 1.82) is 0 Å². The number of hydrogen-bond donors (Lipinski definition) is 2. The van der Waals surface area contributed by atoms with Gasteiger partial charge >= 0.3 is 25.3 Å². The highest BCUT2D eigenvalue weighted by Crippen LogP contribution is 2.65. The van der Waals surface area contributed by atoms with Crippen LogP contribution in [-0.2, 0) is 23.1 Å². The molecule has 0 aliphatic carbocycles. The Morgan fingerprint density at radius 2 is 1.60 bits per heavy atom. The first kappa shape index (κ1) is 23.8. The zero-order valence-corrected chi connectivity index (χ0v) is 16.1. The number of carbonyl (C=O) groups excluding carboxylic acids is 1. The van der Waals surface area contributed by atoms with Crippen LogP contribution in [0.1, 0.15) is 41.5 Å². The molecule has 0 rings (SSSR count). The fourth-order valence-corrected chi connectivity index (χ4v) is 3.58. The molecule has 0 bridgehead atoms. The third-order valence-electron chi connectivity index (χ3n) is 2.95. The van der Waals surface area contributed by atoms with Crippen LogP contribution in [0.25, 0.3) is 0 Å². The average molecular weight is 389 g/mol. The van der Waals surface area contributed by atoms with Crippen molar-refractivity contribution in [3.05, 3.63) is 0 Å². The molecule has 0 saturated carbocycles. The molecule has 0 unspecified atom stereocenters. The molecule has 0 aromatic rings. The standard InChI is InChI=1S/C14H26F2NO7P/c1-7-22-25(21,23-8-2)14(15,16)9(3)10(11(18)19)17-12(20)24-13(4,5)6/h9-10H,7-8H2,1-6H3,(H,17,20)(H,18,19)/t9-,10+/m0/s1. The van der Waals surface area contributed by atoms with Gasteiger partial charge in [-0.3, -0.25) is 4.57 Å². The van der Waals surface area contributed by atoms with Crippen LogP contribution >= 0.6 is 7.60 Å². The van der Waals surface area contributed by atoms with E-state index in [4.69, 9.17) is 4.74 Å². The summed E-state index contributed by atoms with van der Waals surface area (Å²) in [4.78, 5) is 23.1. The number of carbonyl (C=O) groups is 2. The predicted molar refractivity (Wildman–Crippen MR) is 85.8 cm³/mol. The molecule has 0 spiro atoms. The number of nitrogens with one attached hydrogen (secondary N) is 1. The minimum Gasteiger partial charge on any atom is -0.480 e. The van der Waals surface area contributed by atoms with Crippen molar-refractivity contribution in [3.63, 3.8) is 0 Å². The summed E-state index contributed by atoms with van der Waals surface area (Å²) >= 11 is 0. The summed E-state index contributed by atoms with van der Waals surface area (Å²) in [7, 11) is -4.95. The number of alkyl carbamates (subject to hydrolysis) is 1. The fraction of sp³-hybridized carbons (Fsp3) is 0.857. The number of rotatable bonds is 9. The summed E-state index contributed by atoms with van der Waals surface area (Å²) in [5, 5.41) is 11.1. The highest BCUT2D eigenvalue weighted by Gasteiger charge is 2.60. The smallest absolute Gasteiger partial charge is 0.408 e. The van der Waals surface area contributed by atoms with Crippen molar-refractivity contribution in [2.75, 3.05) is 13.2 Å². The van der Waals surface area contributed by atoms with Gasteiger partial charge in [0.2, 0.25) is 0 Å². The van der Waals surface area contributed by atoms with Gasteiger partial charge < -0.3 is 24.2 Å². The molecule has 25 heavy (non-hydrogen) atoms. The summed E-state index contributed by atoms with van der Waals surface area (Å²) in [6.45, 7) is 7.46. The van der Waals surface area contributed by atoms with Gasteiger partial charge in [0, 0.05) is 0 Å². The van der Waals surface area contributed by atoms with E-state index in [1.165, 1.54) is 34.6 Å². The number of carboxylic acid groups (broad SMARTS) is 1. The van der Waals surface area contributed by atoms with Crippen molar-refractivity contribution in [1.82, 2.24) is 5.32 Å². The van der Waals surface area contributed by atoms with E-state index in [-0.39, 0.29) is 13.2 Å². The minimum absolute atomic E-state index is 0.323. The Balaban J connectivity index is 5.56. The summed E-state index contributed by atoms with van der Waals surface area (Å²) < 4.78 is 55.8. The number of hydrogen-bond acceptors (Lipinski definition) is 6.